The molecule has 0 unspecified atom stereocenters. The standard InChI is InChI=1S/C18H19NO3/c1-3-19(4-2)17-12-14(10-11-15(17)13-20)18(21)22-16-8-6-5-7-9-16/h5-13H,3-4H2,1-2H3. The fourth-order valence-electron chi connectivity index (χ4n) is 2.26. The fourth-order valence-corrected chi connectivity index (χ4v) is 2.26. The van der Waals surface area contributed by atoms with Crippen LogP contribution in [-0.2, 0) is 0 Å². The molecule has 0 heterocycles. The Balaban J connectivity index is 2.29. The molecule has 0 saturated carbocycles. The van der Waals surface area contributed by atoms with Crippen LogP contribution in [0.4, 0.5) is 5.69 Å². The summed E-state index contributed by atoms with van der Waals surface area (Å²) in [6, 6.07) is 13.9. The molecule has 2 rings (SSSR count). The van der Waals surface area contributed by atoms with Crippen LogP contribution in [0.3, 0.4) is 0 Å². The molecule has 0 aliphatic carbocycles. The molecular formula is C18H19NO3. The summed E-state index contributed by atoms with van der Waals surface area (Å²) in [5.41, 5.74) is 1.75. The van der Waals surface area contributed by atoms with Crippen LogP contribution in [0.2, 0.25) is 0 Å². The first-order chi connectivity index (χ1) is 10.7. The van der Waals surface area contributed by atoms with Crippen LogP contribution in [0, 0.1) is 0 Å². The maximum absolute atomic E-state index is 12.2. The van der Waals surface area contributed by atoms with Gasteiger partial charge in [0.1, 0.15) is 5.75 Å². The number of carbonyl (C=O) groups excluding carboxylic acids is 2. The van der Waals surface area contributed by atoms with E-state index in [1.807, 2.05) is 24.8 Å². The number of hydrogen-bond acceptors (Lipinski definition) is 4. The van der Waals surface area contributed by atoms with Crippen molar-refractivity contribution in [2.24, 2.45) is 0 Å². The van der Waals surface area contributed by atoms with Crippen molar-refractivity contribution < 1.29 is 14.3 Å². The van der Waals surface area contributed by atoms with Gasteiger partial charge in [0.25, 0.3) is 0 Å². The third-order valence-corrected chi connectivity index (χ3v) is 3.45. The summed E-state index contributed by atoms with van der Waals surface area (Å²) in [6.45, 7) is 5.53. The van der Waals surface area contributed by atoms with E-state index >= 15 is 0 Å². The van der Waals surface area contributed by atoms with Gasteiger partial charge in [-0.3, -0.25) is 4.79 Å². The summed E-state index contributed by atoms with van der Waals surface area (Å²) in [6.07, 6.45) is 0.806. The van der Waals surface area contributed by atoms with Gasteiger partial charge in [-0.1, -0.05) is 18.2 Å². The third kappa shape index (κ3) is 3.52. The molecule has 22 heavy (non-hydrogen) atoms. The summed E-state index contributed by atoms with van der Waals surface area (Å²) in [7, 11) is 0. The average Bonchev–Trinajstić information content (AvgIpc) is 2.56. The molecular weight excluding hydrogens is 278 g/mol. The van der Waals surface area contributed by atoms with Crippen LogP contribution < -0.4 is 9.64 Å². The predicted molar refractivity (Wildman–Crippen MR) is 86.8 cm³/mol. The number of benzene rings is 2. The Hall–Kier alpha value is -2.62. The number of rotatable bonds is 6. The van der Waals surface area contributed by atoms with Gasteiger partial charge < -0.3 is 9.64 Å². The van der Waals surface area contributed by atoms with Crippen molar-refractivity contribution in [1.82, 2.24) is 0 Å². The van der Waals surface area contributed by atoms with Gasteiger partial charge in [0.2, 0.25) is 0 Å². The summed E-state index contributed by atoms with van der Waals surface area (Å²) in [4.78, 5) is 25.5. The Kier molecular flexibility index (Phi) is 5.31. The normalized spacial score (nSPS) is 10.1. The lowest BCUT2D eigenvalue weighted by atomic mass is 10.1. The molecule has 0 radical (unpaired) electrons. The van der Waals surface area contributed by atoms with Crippen LogP contribution in [0.1, 0.15) is 34.6 Å². The number of hydrogen-bond donors (Lipinski definition) is 0. The molecule has 0 spiro atoms. The zero-order valence-electron chi connectivity index (χ0n) is 12.8. The highest BCUT2D eigenvalue weighted by Gasteiger charge is 2.14. The van der Waals surface area contributed by atoms with E-state index in [-0.39, 0.29) is 0 Å². The second-order valence-corrected chi connectivity index (χ2v) is 4.77. The van der Waals surface area contributed by atoms with Crippen molar-refractivity contribution >= 4 is 17.9 Å². The van der Waals surface area contributed by atoms with E-state index in [1.165, 1.54) is 0 Å². The Labute approximate surface area is 130 Å². The van der Waals surface area contributed by atoms with Crippen molar-refractivity contribution in [2.75, 3.05) is 18.0 Å². The quantitative estimate of drug-likeness (QED) is 0.464. The first-order valence-electron chi connectivity index (χ1n) is 7.31. The van der Waals surface area contributed by atoms with Gasteiger partial charge in [-0.25, -0.2) is 4.79 Å². The Bertz CT molecular complexity index is 649. The van der Waals surface area contributed by atoms with E-state index < -0.39 is 5.97 Å². The topological polar surface area (TPSA) is 46.6 Å². The van der Waals surface area contributed by atoms with Gasteiger partial charge in [-0.2, -0.15) is 0 Å². The largest absolute Gasteiger partial charge is 0.423 e. The maximum Gasteiger partial charge on any atom is 0.343 e. The Morgan fingerprint density at radius 1 is 1.09 bits per heavy atom. The van der Waals surface area contributed by atoms with E-state index in [1.54, 1.807) is 42.5 Å². The molecule has 0 fully saturated rings. The monoisotopic (exact) mass is 297 g/mol. The van der Waals surface area contributed by atoms with E-state index in [0.717, 1.165) is 25.1 Å². The van der Waals surface area contributed by atoms with E-state index in [2.05, 4.69) is 0 Å². The first-order valence-corrected chi connectivity index (χ1v) is 7.31. The van der Waals surface area contributed by atoms with Crippen LogP contribution in [-0.4, -0.2) is 25.3 Å². The average molecular weight is 297 g/mol. The summed E-state index contributed by atoms with van der Waals surface area (Å²) >= 11 is 0. The molecule has 0 atom stereocenters. The molecule has 0 N–H and O–H groups in total. The second-order valence-electron chi connectivity index (χ2n) is 4.77. The highest BCUT2D eigenvalue weighted by Crippen LogP contribution is 2.22. The van der Waals surface area contributed by atoms with Crippen LogP contribution in [0.5, 0.6) is 5.75 Å². The summed E-state index contributed by atoms with van der Waals surface area (Å²) in [5.74, 6) is 0.0633. The molecule has 0 saturated heterocycles. The van der Waals surface area contributed by atoms with Gasteiger partial charge in [-0.15, -0.1) is 0 Å². The smallest absolute Gasteiger partial charge is 0.343 e. The molecule has 0 amide bonds. The lowest BCUT2D eigenvalue weighted by Crippen LogP contribution is -2.23. The van der Waals surface area contributed by atoms with Gasteiger partial charge >= 0.3 is 5.97 Å². The molecule has 114 valence electrons. The SMILES string of the molecule is CCN(CC)c1cc(C(=O)Oc2ccccc2)ccc1C=O. The highest BCUT2D eigenvalue weighted by atomic mass is 16.5. The minimum Gasteiger partial charge on any atom is -0.423 e. The van der Waals surface area contributed by atoms with Crippen molar-refractivity contribution in [3.05, 3.63) is 59.7 Å². The number of esters is 1. The Morgan fingerprint density at radius 3 is 2.36 bits per heavy atom. The van der Waals surface area contributed by atoms with E-state index in [9.17, 15) is 9.59 Å². The third-order valence-electron chi connectivity index (χ3n) is 3.45. The van der Waals surface area contributed by atoms with Crippen molar-refractivity contribution in [1.29, 1.82) is 0 Å². The first kappa shape index (κ1) is 15.8. The van der Waals surface area contributed by atoms with E-state index in [0.29, 0.717) is 16.9 Å². The molecule has 4 nitrogen and oxygen atoms in total. The number of carbonyl (C=O) groups is 2. The molecule has 2 aromatic rings. The summed E-state index contributed by atoms with van der Waals surface area (Å²) in [5, 5.41) is 0. The predicted octanol–water partition coefficient (Wildman–Crippen LogP) is 3.56. The Morgan fingerprint density at radius 2 is 1.77 bits per heavy atom. The van der Waals surface area contributed by atoms with Gasteiger partial charge in [-0.05, 0) is 44.2 Å². The minimum absolute atomic E-state index is 0.427. The molecule has 4 heteroatoms. The zero-order valence-corrected chi connectivity index (χ0v) is 12.8. The molecule has 0 bridgehead atoms. The van der Waals surface area contributed by atoms with Crippen molar-refractivity contribution in [3.8, 4) is 5.75 Å². The molecule has 0 aliphatic rings. The van der Waals surface area contributed by atoms with E-state index in [4.69, 9.17) is 4.74 Å². The zero-order chi connectivity index (χ0) is 15.9. The van der Waals surface area contributed by atoms with Gasteiger partial charge in [0.05, 0.1) is 5.56 Å². The number of ether oxygens (including phenoxy) is 1. The lowest BCUT2D eigenvalue weighted by Gasteiger charge is -2.23. The van der Waals surface area contributed by atoms with Crippen molar-refractivity contribution in [2.45, 2.75) is 13.8 Å². The number of para-hydroxylation sites is 1. The van der Waals surface area contributed by atoms with Gasteiger partial charge in [0, 0.05) is 24.3 Å². The summed E-state index contributed by atoms with van der Waals surface area (Å²) < 4.78 is 5.33. The number of aldehydes is 1. The second kappa shape index (κ2) is 7.41. The minimum atomic E-state index is -0.433. The fraction of sp³-hybridized carbons (Fsp3) is 0.222. The van der Waals surface area contributed by atoms with Crippen LogP contribution in [0.25, 0.3) is 0 Å². The maximum atomic E-state index is 12.2. The number of nitrogens with zero attached hydrogens (tertiary/aromatic N) is 1. The lowest BCUT2D eigenvalue weighted by molar-refractivity contribution is 0.0734. The molecule has 0 aromatic heterocycles. The van der Waals surface area contributed by atoms with Crippen LogP contribution in [0.15, 0.2) is 48.5 Å². The molecule has 0 aliphatic heterocycles. The number of anilines is 1. The van der Waals surface area contributed by atoms with Crippen molar-refractivity contribution in [3.63, 3.8) is 0 Å². The molecule has 2 aromatic carbocycles. The van der Waals surface area contributed by atoms with Gasteiger partial charge in [0.15, 0.2) is 6.29 Å². The van der Waals surface area contributed by atoms with Crippen LogP contribution >= 0.6 is 0 Å². The highest BCUT2D eigenvalue weighted by molar-refractivity contribution is 5.95.